The van der Waals surface area contributed by atoms with Crippen LogP contribution in [0.5, 0.6) is 5.75 Å². The van der Waals surface area contributed by atoms with Crippen molar-refractivity contribution in [3.05, 3.63) is 28.8 Å². The second kappa shape index (κ2) is 5.39. The largest absolute Gasteiger partial charge is 0.496 e. The number of ether oxygens (including phenoxy) is 1. The number of carbonyl (C=O) groups excluding carboxylic acids is 1. The Morgan fingerprint density at radius 3 is 2.84 bits per heavy atom. The fourth-order valence-corrected chi connectivity index (χ4v) is 2.49. The van der Waals surface area contributed by atoms with Gasteiger partial charge in [0, 0.05) is 30.2 Å². The van der Waals surface area contributed by atoms with Gasteiger partial charge in [-0.3, -0.25) is 4.79 Å². The average Bonchev–Trinajstić information content (AvgIpc) is 2.36. The first-order valence-electron chi connectivity index (χ1n) is 6.31. The molecule has 0 spiro atoms. The number of hydrogen-bond acceptors (Lipinski definition) is 3. The van der Waals surface area contributed by atoms with Crippen LogP contribution in [0.25, 0.3) is 0 Å². The molecule has 0 aliphatic carbocycles. The Morgan fingerprint density at radius 1 is 1.47 bits per heavy atom. The molecule has 0 unspecified atom stereocenters. The van der Waals surface area contributed by atoms with Crippen molar-refractivity contribution in [2.45, 2.75) is 19.4 Å². The second-order valence-corrected chi connectivity index (χ2v) is 5.82. The number of piperazine rings is 1. The Kier molecular flexibility index (Phi) is 4.02. The van der Waals surface area contributed by atoms with Crippen LogP contribution in [-0.2, 0) is 0 Å². The second-order valence-electron chi connectivity index (χ2n) is 5.38. The molecule has 4 nitrogen and oxygen atoms in total. The van der Waals surface area contributed by atoms with Gasteiger partial charge >= 0.3 is 0 Å². The van der Waals surface area contributed by atoms with Crippen molar-refractivity contribution in [1.29, 1.82) is 0 Å². The van der Waals surface area contributed by atoms with Gasteiger partial charge in [0.05, 0.1) is 12.7 Å². The molecule has 0 radical (unpaired) electrons. The summed E-state index contributed by atoms with van der Waals surface area (Å²) in [5.74, 6) is 0.511. The molecular formula is C14H19ClN2O2. The van der Waals surface area contributed by atoms with E-state index in [4.69, 9.17) is 16.3 Å². The summed E-state index contributed by atoms with van der Waals surface area (Å²) in [7, 11) is 1.55. The number of amides is 1. The zero-order valence-electron chi connectivity index (χ0n) is 11.5. The third kappa shape index (κ3) is 3.19. The predicted octanol–water partition coefficient (Wildman–Crippen LogP) is 2.17. The molecule has 5 heteroatoms. The van der Waals surface area contributed by atoms with Gasteiger partial charge in [0.1, 0.15) is 5.75 Å². The maximum absolute atomic E-state index is 12.6. The molecule has 1 N–H and O–H groups in total. The molecular weight excluding hydrogens is 264 g/mol. The van der Waals surface area contributed by atoms with Crippen molar-refractivity contribution in [3.8, 4) is 5.75 Å². The molecule has 1 fully saturated rings. The molecule has 19 heavy (non-hydrogen) atoms. The maximum atomic E-state index is 12.6. The lowest BCUT2D eigenvalue weighted by Crippen LogP contribution is -2.58. The monoisotopic (exact) mass is 282 g/mol. The zero-order chi connectivity index (χ0) is 14.0. The van der Waals surface area contributed by atoms with Crippen LogP contribution in [0, 0.1) is 0 Å². The molecule has 1 heterocycles. The highest BCUT2D eigenvalue weighted by Crippen LogP contribution is 2.25. The number of carbonyl (C=O) groups is 1. The highest BCUT2D eigenvalue weighted by Gasteiger charge is 2.30. The molecule has 0 aromatic heterocycles. The van der Waals surface area contributed by atoms with Crippen molar-refractivity contribution in [2.75, 3.05) is 26.7 Å². The SMILES string of the molecule is COc1cc(Cl)ccc1C(=O)N1CCNC(C)(C)C1. The van der Waals surface area contributed by atoms with Crippen molar-refractivity contribution < 1.29 is 9.53 Å². The van der Waals surface area contributed by atoms with Crippen LogP contribution in [0.1, 0.15) is 24.2 Å². The highest BCUT2D eigenvalue weighted by molar-refractivity contribution is 6.30. The van der Waals surface area contributed by atoms with E-state index in [0.29, 0.717) is 29.4 Å². The molecule has 0 atom stereocenters. The first-order valence-corrected chi connectivity index (χ1v) is 6.68. The Labute approximate surface area is 118 Å². The van der Waals surface area contributed by atoms with E-state index in [0.717, 1.165) is 6.54 Å². The van der Waals surface area contributed by atoms with Crippen LogP contribution in [0.15, 0.2) is 18.2 Å². The van der Waals surface area contributed by atoms with E-state index in [-0.39, 0.29) is 11.4 Å². The van der Waals surface area contributed by atoms with Crippen LogP contribution >= 0.6 is 11.6 Å². The van der Waals surface area contributed by atoms with Crippen molar-refractivity contribution in [1.82, 2.24) is 10.2 Å². The number of rotatable bonds is 2. The van der Waals surface area contributed by atoms with E-state index in [1.165, 1.54) is 0 Å². The Bertz CT molecular complexity index is 488. The minimum atomic E-state index is -0.0619. The Morgan fingerprint density at radius 2 is 2.21 bits per heavy atom. The third-order valence-corrected chi connectivity index (χ3v) is 3.49. The van der Waals surface area contributed by atoms with E-state index in [2.05, 4.69) is 19.2 Å². The summed E-state index contributed by atoms with van der Waals surface area (Å²) in [6, 6.07) is 5.10. The molecule has 1 amide bonds. The van der Waals surface area contributed by atoms with Crippen LogP contribution in [0.4, 0.5) is 0 Å². The van der Waals surface area contributed by atoms with Gasteiger partial charge in [0.2, 0.25) is 0 Å². The Balaban J connectivity index is 2.24. The topological polar surface area (TPSA) is 41.6 Å². The Hall–Kier alpha value is -1.26. The number of hydrogen-bond donors (Lipinski definition) is 1. The molecule has 1 saturated heterocycles. The third-order valence-electron chi connectivity index (χ3n) is 3.25. The number of nitrogens with one attached hydrogen (secondary N) is 1. The van der Waals surface area contributed by atoms with Crippen LogP contribution in [-0.4, -0.2) is 43.1 Å². The van der Waals surface area contributed by atoms with Gasteiger partial charge < -0.3 is 15.0 Å². The number of halogens is 1. The lowest BCUT2D eigenvalue weighted by Gasteiger charge is -2.39. The van der Waals surface area contributed by atoms with E-state index >= 15 is 0 Å². The first-order chi connectivity index (χ1) is 8.93. The number of methoxy groups -OCH3 is 1. The van der Waals surface area contributed by atoms with Crippen molar-refractivity contribution >= 4 is 17.5 Å². The molecule has 104 valence electrons. The van der Waals surface area contributed by atoms with E-state index in [1.807, 2.05) is 4.90 Å². The van der Waals surface area contributed by atoms with E-state index in [9.17, 15) is 4.79 Å². The summed E-state index contributed by atoms with van der Waals surface area (Å²) in [5.41, 5.74) is 0.498. The summed E-state index contributed by atoms with van der Waals surface area (Å²) >= 11 is 5.92. The van der Waals surface area contributed by atoms with Gasteiger partial charge in [-0.05, 0) is 32.0 Å². The zero-order valence-corrected chi connectivity index (χ0v) is 12.3. The standard InChI is InChI=1S/C14H19ClN2O2/c1-14(2)9-17(7-6-16-14)13(18)11-5-4-10(15)8-12(11)19-3/h4-5,8,16H,6-7,9H2,1-3H3. The summed E-state index contributed by atoms with van der Waals surface area (Å²) < 4.78 is 5.24. The van der Waals surface area contributed by atoms with Gasteiger partial charge in [-0.2, -0.15) is 0 Å². The highest BCUT2D eigenvalue weighted by atomic mass is 35.5. The smallest absolute Gasteiger partial charge is 0.257 e. The van der Waals surface area contributed by atoms with E-state index in [1.54, 1.807) is 25.3 Å². The predicted molar refractivity (Wildman–Crippen MR) is 76.0 cm³/mol. The lowest BCUT2D eigenvalue weighted by molar-refractivity contribution is 0.0649. The lowest BCUT2D eigenvalue weighted by atomic mass is 10.0. The fraction of sp³-hybridized carbons (Fsp3) is 0.500. The van der Waals surface area contributed by atoms with Gasteiger partial charge in [-0.15, -0.1) is 0 Å². The van der Waals surface area contributed by atoms with Crippen LogP contribution < -0.4 is 10.1 Å². The molecule has 0 saturated carbocycles. The number of benzene rings is 1. The van der Waals surface area contributed by atoms with Gasteiger partial charge in [0.25, 0.3) is 5.91 Å². The minimum absolute atomic E-state index is 0.0110. The molecule has 0 bridgehead atoms. The quantitative estimate of drug-likeness (QED) is 0.904. The number of nitrogens with zero attached hydrogens (tertiary/aromatic N) is 1. The molecule has 1 aromatic carbocycles. The molecule has 1 aliphatic heterocycles. The van der Waals surface area contributed by atoms with Gasteiger partial charge in [-0.1, -0.05) is 11.6 Å². The normalized spacial score (nSPS) is 18.2. The average molecular weight is 283 g/mol. The van der Waals surface area contributed by atoms with Gasteiger partial charge in [0.15, 0.2) is 0 Å². The van der Waals surface area contributed by atoms with Crippen molar-refractivity contribution in [2.24, 2.45) is 0 Å². The van der Waals surface area contributed by atoms with Crippen LogP contribution in [0.3, 0.4) is 0 Å². The first kappa shape index (κ1) is 14.2. The fourth-order valence-electron chi connectivity index (χ4n) is 2.33. The maximum Gasteiger partial charge on any atom is 0.257 e. The van der Waals surface area contributed by atoms with Crippen molar-refractivity contribution in [3.63, 3.8) is 0 Å². The van der Waals surface area contributed by atoms with E-state index < -0.39 is 0 Å². The summed E-state index contributed by atoms with van der Waals surface area (Å²) in [6.07, 6.45) is 0. The summed E-state index contributed by atoms with van der Waals surface area (Å²) in [4.78, 5) is 14.4. The molecule has 1 aromatic rings. The summed E-state index contributed by atoms with van der Waals surface area (Å²) in [5, 5.41) is 3.95. The van der Waals surface area contributed by atoms with Crippen LogP contribution in [0.2, 0.25) is 5.02 Å². The molecule has 1 aliphatic rings. The summed E-state index contributed by atoms with van der Waals surface area (Å²) in [6.45, 7) is 6.36. The minimum Gasteiger partial charge on any atom is -0.496 e. The van der Waals surface area contributed by atoms with Gasteiger partial charge in [-0.25, -0.2) is 0 Å². The molecule has 2 rings (SSSR count).